The topological polar surface area (TPSA) is 78.5 Å². The maximum Gasteiger partial charge on any atom is 0.416 e. The van der Waals surface area contributed by atoms with Crippen molar-refractivity contribution in [2.24, 2.45) is 5.92 Å². The van der Waals surface area contributed by atoms with Crippen LogP contribution in [-0.2, 0) is 34.0 Å². The number of amides is 1. The third-order valence-corrected chi connectivity index (χ3v) is 9.03. The average Bonchev–Trinajstić information content (AvgIpc) is 2.87. The molecule has 0 saturated carbocycles. The normalized spacial score (nSPS) is 21.2. The molecular weight excluding hydrogens is 572 g/mol. The number of alkyl halides is 6. The summed E-state index contributed by atoms with van der Waals surface area (Å²) in [5.74, 6) is -0.390. The van der Waals surface area contributed by atoms with Crippen molar-refractivity contribution in [1.82, 2.24) is 14.9 Å². The third-order valence-electron chi connectivity index (χ3n) is 7.56. The van der Waals surface area contributed by atoms with Crippen LogP contribution in [0.2, 0.25) is 0 Å². The lowest BCUT2D eigenvalue weighted by molar-refractivity contribution is -0.158. The number of hydrogen-bond donors (Lipinski definition) is 2. The second-order valence-corrected chi connectivity index (χ2v) is 12.7. The van der Waals surface area contributed by atoms with Crippen molar-refractivity contribution in [3.05, 3.63) is 64.7 Å². The Bertz CT molecular complexity index is 1350. The first-order chi connectivity index (χ1) is 19.1. The molecular formula is C28H33F6N3O3S. The van der Waals surface area contributed by atoms with Gasteiger partial charge in [0.05, 0.1) is 22.9 Å². The van der Waals surface area contributed by atoms with Crippen LogP contribution in [0.4, 0.5) is 26.3 Å². The molecule has 0 spiro atoms. The monoisotopic (exact) mass is 605 g/mol. The fourth-order valence-corrected chi connectivity index (χ4v) is 6.83. The molecule has 0 unspecified atom stereocenters. The van der Waals surface area contributed by atoms with Gasteiger partial charge in [0.2, 0.25) is 15.9 Å². The van der Waals surface area contributed by atoms with Gasteiger partial charge in [-0.3, -0.25) is 9.69 Å². The zero-order valence-corrected chi connectivity index (χ0v) is 23.3. The van der Waals surface area contributed by atoms with Crippen LogP contribution in [0.3, 0.4) is 0 Å². The zero-order chi connectivity index (χ0) is 30.0. The number of fused-ring (bicyclic) bond motifs is 1. The molecule has 2 aromatic rings. The van der Waals surface area contributed by atoms with Crippen LogP contribution in [0.5, 0.6) is 0 Å². The van der Waals surface area contributed by atoms with Crippen molar-refractivity contribution in [3.8, 4) is 0 Å². The van der Waals surface area contributed by atoms with Gasteiger partial charge in [-0.25, -0.2) is 8.42 Å². The molecule has 0 bridgehead atoms. The van der Waals surface area contributed by atoms with Crippen molar-refractivity contribution in [3.63, 3.8) is 0 Å². The summed E-state index contributed by atoms with van der Waals surface area (Å²) in [6, 6.07) is 4.94. The molecule has 2 aromatic carbocycles. The van der Waals surface area contributed by atoms with Crippen molar-refractivity contribution in [2.45, 2.75) is 81.3 Å². The van der Waals surface area contributed by atoms with Crippen molar-refractivity contribution in [2.75, 3.05) is 13.1 Å². The quantitative estimate of drug-likeness (QED) is 0.377. The van der Waals surface area contributed by atoms with Gasteiger partial charge in [0.25, 0.3) is 0 Å². The highest BCUT2D eigenvalue weighted by Gasteiger charge is 2.44. The number of piperidine rings is 1. The highest BCUT2D eigenvalue weighted by Crippen LogP contribution is 2.33. The summed E-state index contributed by atoms with van der Waals surface area (Å²) in [6.45, 7) is 5.07. The number of carbonyl (C=O) groups is 1. The zero-order valence-electron chi connectivity index (χ0n) is 22.5. The summed E-state index contributed by atoms with van der Waals surface area (Å²) in [5, 5.41) is 2.61. The van der Waals surface area contributed by atoms with Gasteiger partial charge in [-0.15, -0.1) is 0 Å². The Kier molecular flexibility index (Phi) is 9.39. The van der Waals surface area contributed by atoms with Gasteiger partial charge in [0.1, 0.15) is 6.04 Å². The summed E-state index contributed by atoms with van der Waals surface area (Å²) in [6.07, 6.45) is -6.97. The Morgan fingerprint density at radius 2 is 1.80 bits per heavy atom. The van der Waals surface area contributed by atoms with Crippen molar-refractivity contribution in [1.29, 1.82) is 0 Å². The predicted octanol–water partition coefficient (Wildman–Crippen LogP) is 5.73. The lowest BCUT2D eigenvalue weighted by atomic mass is 9.86. The van der Waals surface area contributed by atoms with Crippen LogP contribution in [0.15, 0.2) is 47.4 Å². The van der Waals surface area contributed by atoms with E-state index in [1.54, 1.807) is 0 Å². The molecule has 13 heteroatoms. The average molecular weight is 606 g/mol. The van der Waals surface area contributed by atoms with Crippen molar-refractivity contribution >= 4 is 15.9 Å². The van der Waals surface area contributed by atoms with Gasteiger partial charge in [0.15, 0.2) is 0 Å². The van der Waals surface area contributed by atoms with Gasteiger partial charge in [0, 0.05) is 13.1 Å². The van der Waals surface area contributed by atoms with Crippen LogP contribution in [0.1, 0.15) is 67.3 Å². The number of halogens is 6. The van der Waals surface area contributed by atoms with E-state index in [4.69, 9.17) is 0 Å². The summed E-state index contributed by atoms with van der Waals surface area (Å²) in [4.78, 5) is 14.2. The standard InChI is InChI=1S/C28H33F6N3O3S/c1-18-5-4-12-37(16-18)17-19-10-11-23-20(13-19)6-2-9-24(23)35-26(38)15-25(28(32,33)34)36-41(39,40)22-8-3-7-21(14-22)27(29,30)31/h3,7-8,10-11,13-14,18,24-25,36H,2,4-6,9,12,15-17H2,1H3,(H,35,38)/t18-,24+,25+/m0/s1. The number of nitrogens with one attached hydrogen (secondary N) is 2. The molecule has 0 radical (unpaired) electrons. The van der Waals surface area contributed by atoms with Crippen LogP contribution < -0.4 is 10.0 Å². The molecule has 0 aromatic heterocycles. The smallest absolute Gasteiger partial charge is 0.349 e. The second kappa shape index (κ2) is 12.3. The number of nitrogens with zero attached hydrogens (tertiary/aromatic N) is 1. The van der Waals surface area contributed by atoms with Gasteiger partial charge >= 0.3 is 12.4 Å². The number of likely N-dealkylation sites (tertiary alicyclic amines) is 1. The molecule has 3 atom stereocenters. The second-order valence-electron chi connectivity index (χ2n) is 11.0. The summed E-state index contributed by atoms with van der Waals surface area (Å²) in [7, 11) is -5.03. The van der Waals surface area contributed by atoms with Crippen LogP contribution >= 0.6 is 0 Å². The van der Waals surface area contributed by atoms with Crippen LogP contribution in [0, 0.1) is 5.92 Å². The number of carbonyl (C=O) groups excluding carboxylic acids is 1. The first-order valence-corrected chi connectivity index (χ1v) is 15.0. The van der Waals surface area contributed by atoms with E-state index in [0.717, 1.165) is 61.3 Å². The third kappa shape index (κ3) is 8.23. The Balaban J connectivity index is 1.44. The molecule has 1 fully saturated rings. The highest BCUT2D eigenvalue weighted by molar-refractivity contribution is 7.89. The first kappa shape index (κ1) is 31.3. The summed E-state index contributed by atoms with van der Waals surface area (Å²) < 4.78 is 107. The largest absolute Gasteiger partial charge is 0.416 e. The van der Waals surface area contributed by atoms with Crippen LogP contribution in [0.25, 0.3) is 0 Å². The maximum atomic E-state index is 13.8. The number of sulfonamides is 1. The van der Waals surface area contributed by atoms with E-state index in [0.29, 0.717) is 24.8 Å². The molecule has 226 valence electrons. The molecule has 2 N–H and O–H groups in total. The van der Waals surface area contributed by atoms with E-state index in [1.807, 2.05) is 12.1 Å². The fraction of sp³-hybridized carbons (Fsp3) is 0.536. The van der Waals surface area contributed by atoms with E-state index in [9.17, 15) is 39.6 Å². The summed E-state index contributed by atoms with van der Waals surface area (Å²) >= 11 is 0. The minimum absolute atomic E-state index is 0.245. The lowest BCUT2D eigenvalue weighted by Crippen LogP contribution is -2.48. The molecule has 1 saturated heterocycles. The van der Waals surface area contributed by atoms with Gasteiger partial charge < -0.3 is 5.32 Å². The molecule has 41 heavy (non-hydrogen) atoms. The van der Waals surface area contributed by atoms with Gasteiger partial charge in [-0.2, -0.15) is 31.1 Å². The number of benzene rings is 2. The molecule has 1 amide bonds. The highest BCUT2D eigenvalue weighted by atomic mass is 32.2. The molecule has 1 aliphatic heterocycles. The van der Waals surface area contributed by atoms with Crippen LogP contribution in [-0.4, -0.2) is 44.5 Å². The molecule has 4 rings (SSSR count). The van der Waals surface area contributed by atoms with E-state index in [-0.39, 0.29) is 6.07 Å². The van der Waals surface area contributed by atoms with Gasteiger partial charge in [-0.05, 0) is 79.5 Å². The Labute approximate surface area is 235 Å². The molecule has 1 heterocycles. The number of aryl methyl sites for hydroxylation is 1. The lowest BCUT2D eigenvalue weighted by Gasteiger charge is -2.32. The Morgan fingerprint density at radius 1 is 1.05 bits per heavy atom. The predicted molar refractivity (Wildman–Crippen MR) is 140 cm³/mol. The fourth-order valence-electron chi connectivity index (χ4n) is 5.56. The van der Waals surface area contributed by atoms with E-state index in [2.05, 4.69) is 23.2 Å². The molecule has 2 aliphatic rings. The SMILES string of the molecule is C[C@H]1CCCN(Cc2ccc3c(c2)CCC[C@H]3NC(=O)C[C@@H](NS(=O)(=O)c2cccc(C(F)(F)F)c2)C(F)(F)F)C1. The van der Waals surface area contributed by atoms with E-state index >= 15 is 0 Å². The minimum Gasteiger partial charge on any atom is -0.349 e. The Hall–Kier alpha value is -2.64. The Morgan fingerprint density at radius 3 is 2.49 bits per heavy atom. The number of rotatable bonds is 8. The maximum absolute atomic E-state index is 13.8. The van der Waals surface area contributed by atoms with E-state index < -0.39 is 57.2 Å². The number of hydrogen-bond acceptors (Lipinski definition) is 4. The van der Waals surface area contributed by atoms with E-state index in [1.165, 1.54) is 11.1 Å². The first-order valence-electron chi connectivity index (χ1n) is 13.5. The van der Waals surface area contributed by atoms with Gasteiger partial charge in [-0.1, -0.05) is 31.2 Å². The minimum atomic E-state index is -5.17. The molecule has 1 aliphatic carbocycles. The van der Waals surface area contributed by atoms with Crippen molar-refractivity contribution < 1.29 is 39.6 Å². The summed E-state index contributed by atoms with van der Waals surface area (Å²) in [5.41, 5.74) is 1.63. The molecule has 6 nitrogen and oxygen atoms in total.